The molecule has 0 spiro atoms. The molecule has 0 fully saturated rings. The monoisotopic (exact) mass is 464 g/mol. The van der Waals surface area contributed by atoms with E-state index in [1.165, 1.54) is 66.9 Å². The first-order valence-electron chi connectivity index (χ1n) is 9.10. The lowest BCUT2D eigenvalue weighted by Gasteiger charge is -2.16. The maximum atomic E-state index is 13.1. The molecule has 3 aromatic rings. The topological polar surface area (TPSA) is 105 Å². The smallest absolute Gasteiger partial charge is 0.309 e. The summed E-state index contributed by atoms with van der Waals surface area (Å²) in [5.74, 6) is -2.27. The first kappa shape index (κ1) is 22.5. The van der Waals surface area contributed by atoms with Crippen LogP contribution in [0.3, 0.4) is 0 Å². The van der Waals surface area contributed by atoms with Crippen LogP contribution in [0.15, 0.2) is 76.2 Å². The second-order valence-corrected chi connectivity index (χ2v) is 9.09. The molecular formula is C21H18ClFN2O5S. The van der Waals surface area contributed by atoms with Gasteiger partial charge < -0.3 is 15.1 Å². The van der Waals surface area contributed by atoms with E-state index in [2.05, 4.69) is 10.6 Å². The third-order valence-corrected chi connectivity index (χ3v) is 6.73. The number of hydrogen-bond donors (Lipinski definition) is 2. The molecule has 0 unspecified atom stereocenters. The van der Waals surface area contributed by atoms with Crippen molar-refractivity contribution in [1.82, 2.24) is 10.6 Å². The molecule has 0 radical (unpaired) electrons. The number of halogens is 2. The fraction of sp³-hybridized carbons (Fsp3) is 0.143. The fourth-order valence-electron chi connectivity index (χ4n) is 2.76. The largest absolute Gasteiger partial charge is 0.468 e. The first-order chi connectivity index (χ1) is 14.8. The standard InChI is InChI=1S/C21H18ClFN2O5S/c22-15-5-9-17(10-6-15)31(28,29)19(18-2-1-11-30-18)13-25-21(27)20(26)24-12-14-3-7-16(23)8-4-14/h1-11,19H,12-13H2,(H,24,26)(H,25,27)/t19-/m1/s1. The number of amides is 2. The Labute approximate surface area is 183 Å². The van der Waals surface area contributed by atoms with Crippen molar-refractivity contribution in [3.63, 3.8) is 0 Å². The Kier molecular flexibility index (Phi) is 7.09. The maximum Gasteiger partial charge on any atom is 0.309 e. The normalized spacial score (nSPS) is 12.2. The van der Waals surface area contributed by atoms with Crippen LogP contribution in [0.2, 0.25) is 5.02 Å². The van der Waals surface area contributed by atoms with Crippen molar-refractivity contribution in [2.45, 2.75) is 16.7 Å². The number of benzene rings is 2. The van der Waals surface area contributed by atoms with E-state index in [1.807, 2.05) is 0 Å². The van der Waals surface area contributed by atoms with Gasteiger partial charge >= 0.3 is 11.8 Å². The zero-order valence-corrected chi connectivity index (χ0v) is 17.6. The number of furan rings is 1. The van der Waals surface area contributed by atoms with Crippen LogP contribution >= 0.6 is 11.6 Å². The number of nitrogens with one attached hydrogen (secondary N) is 2. The van der Waals surface area contributed by atoms with Gasteiger partial charge in [0.2, 0.25) is 0 Å². The summed E-state index contributed by atoms with van der Waals surface area (Å²) >= 11 is 5.83. The van der Waals surface area contributed by atoms with E-state index in [4.69, 9.17) is 16.0 Å². The molecule has 10 heteroatoms. The zero-order chi connectivity index (χ0) is 22.4. The third kappa shape index (κ3) is 5.71. The molecule has 1 atom stereocenters. The zero-order valence-electron chi connectivity index (χ0n) is 16.0. The molecule has 0 aliphatic heterocycles. The van der Waals surface area contributed by atoms with E-state index >= 15 is 0 Å². The van der Waals surface area contributed by atoms with E-state index in [1.54, 1.807) is 0 Å². The van der Waals surface area contributed by atoms with E-state index < -0.39 is 32.7 Å². The summed E-state index contributed by atoms with van der Waals surface area (Å²) in [6.45, 7) is -0.376. The van der Waals surface area contributed by atoms with Crippen LogP contribution in [0, 0.1) is 5.82 Å². The Balaban J connectivity index is 1.68. The minimum absolute atomic E-state index is 0.00619. The molecule has 162 valence electrons. The number of hydrogen-bond acceptors (Lipinski definition) is 5. The summed E-state index contributed by atoms with van der Waals surface area (Å²) < 4.78 is 44.3. The van der Waals surface area contributed by atoms with Crippen molar-refractivity contribution in [3.05, 3.63) is 89.1 Å². The first-order valence-corrected chi connectivity index (χ1v) is 11.0. The minimum Gasteiger partial charge on any atom is -0.468 e. The van der Waals surface area contributed by atoms with Gasteiger partial charge in [0, 0.05) is 18.1 Å². The van der Waals surface area contributed by atoms with Gasteiger partial charge in [0.05, 0.1) is 11.2 Å². The summed E-state index contributed by atoms with van der Waals surface area (Å²) in [6, 6.07) is 14.0. The van der Waals surface area contributed by atoms with E-state index in [9.17, 15) is 22.4 Å². The Bertz CT molecular complexity index is 1150. The number of rotatable bonds is 7. The van der Waals surface area contributed by atoms with Crippen molar-refractivity contribution in [3.8, 4) is 0 Å². The molecular weight excluding hydrogens is 447 g/mol. The SMILES string of the molecule is O=C(NCc1ccc(F)cc1)C(=O)NC[C@H](c1ccco1)S(=O)(=O)c1ccc(Cl)cc1. The number of sulfone groups is 1. The van der Waals surface area contributed by atoms with Gasteiger partial charge in [0.25, 0.3) is 0 Å². The second kappa shape index (κ2) is 9.76. The molecule has 1 aromatic heterocycles. The highest BCUT2D eigenvalue weighted by atomic mass is 35.5. The number of carbonyl (C=O) groups is 2. The van der Waals surface area contributed by atoms with E-state index in [0.29, 0.717) is 10.6 Å². The van der Waals surface area contributed by atoms with Gasteiger partial charge in [-0.15, -0.1) is 0 Å². The van der Waals surface area contributed by atoms with E-state index in [-0.39, 0.29) is 23.7 Å². The minimum atomic E-state index is -3.96. The summed E-state index contributed by atoms with van der Waals surface area (Å²) in [7, 11) is -3.96. The average Bonchev–Trinajstić information content (AvgIpc) is 3.27. The summed E-state index contributed by atoms with van der Waals surface area (Å²) in [5, 5.41) is 3.84. The molecule has 0 bridgehead atoms. The van der Waals surface area contributed by atoms with Crippen LogP contribution in [0.5, 0.6) is 0 Å². The van der Waals surface area contributed by atoms with Crippen molar-refractivity contribution in [1.29, 1.82) is 0 Å². The van der Waals surface area contributed by atoms with Crippen LogP contribution in [0.4, 0.5) is 4.39 Å². The van der Waals surface area contributed by atoms with Crippen molar-refractivity contribution in [2.24, 2.45) is 0 Å². The molecule has 0 aliphatic rings. The Morgan fingerprint density at radius 2 is 1.61 bits per heavy atom. The molecule has 0 saturated heterocycles. The molecule has 2 aromatic carbocycles. The quantitative estimate of drug-likeness (QED) is 0.523. The Morgan fingerprint density at radius 1 is 0.968 bits per heavy atom. The van der Waals surface area contributed by atoms with Gasteiger partial charge in [-0.05, 0) is 54.1 Å². The summed E-state index contributed by atoms with van der Waals surface area (Å²) in [6.07, 6.45) is 1.32. The molecule has 3 rings (SSSR count). The van der Waals surface area contributed by atoms with Gasteiger partial charge in [-0.3, -0.25) is 9.59 Å². The highest BCUT2D eigenvalue weighted by molar-refractivity contribution is 7.91. The van der Waals surface area contributed by atoms with Gasteiger partial charge in [-0.1, -0.05) is 23.7 Å². The highest BCUT2D eigenvalue weighted by Crippen LogP contribution is 2.29. The summed E-state index contributed by atoms with van der Waals surface area (Å²) in [4.78, 5) is 24.2. The Hall–Kier alpha value is -3.17. The predicted octanol–water partition coefficient (Wildman–Crippen LogP) is 3.02. The lowest BCUT2D eigenvalue weighted by molar-refractivity contribution is -0.139. The van der Waals surface area contributed by atoms with Crippen LogP contribution < -0.4 is 10.6 Å². The molecule has 7 nitrogen and oxygen atoms in total. The van der Waals surface area contributed by atoms with Crippen LogP contribution in [-0.2, 0) is 26.0 Å². The Morgan fingerprint density at radius 3 is 2.23 bits per heavy atom. The molecule has 2 amide bonds. The number of carbonyl (C=O) groups excluding carboxylic acids is 2. The predicted molar refractivity (Wildman–Crippen MR) is 111 cm³/mol. The van der Waals surface area contributed by atoms with Crippen LogP contribution in [-0.4, -0.2) is 26.8 Å². The fourth-order valence-corrected chi connectivity index (χ4v) is 4.47. The highest BCUT2D eigenvalue weighted by Gasteiger charge is 2.32. The molecule has 0 saturated carbocycles. The molecule has 1 heterocycles. The van der Waals surface area contributed by atoms with Crippen LogP contribution in [0.1, 0.15) is 16.6 Å². The molecule has 2 N–H and O–H groups in total. The van der Waals surface area contributed by atoms with Crippen LogP contribution in [0.25, 0.3) is 0 Å². The maximum absolute atomic E-state index is 13.1. The second-order valence-electron chi connectivity index (χ2n) is 6.52. The van der Waals surface area contributed by atoms with Gasteiger partial charge in [-0.25, -0.2) is 12.8 Å². The van der Waals surface area contributed by atoms with Crippen molar-refractivity contribution >= 4 is 33.3 Å². The third-order valence-electron chi connectivity index (χ3n) is 4.40. The average molecular weight is 465 g/mol. The van der Waals surface area contributed by atoms with Crippen molar-refractivity contribution < 1.29 is 26.8 Å². The summed E-state index contributed by atoms with van der Waals surface area (Å²) in [5.41, 5.74) is 0.598. The van der Waals surface area contributed by atoms with Gasteiger partial charge in [0.15, 0.2) is 9.84 Å². The van der Waals surface area contributed by atoms with Crippen molar-refractivity contribution in [2.75, 3.05) is 6.54 Å². The van der Waals surface area contributed by atoms with Gasteiger partial charge in [-0.2, -0.15) is 0 Å². The lowest BCUT2D eigenvalue weighted by Crippen LogP contribution is -2.42. The molecule has 0 aliphatic carbocycles. The van der Waals surface area contributed by atoms with Gasteiger partial charge in [0.1, 0.15) is 16.8 Å². The lowest BCUT2D eigenvalue weighted by atomic mass is 10.2. The van der Waals surface area contributed by atoms with E-state index in [0.717, 1.165) is 0 Å². The molecule has 31 heavy (non-hydrogen) atoms.